The fraction of sp³-hybridized carbons (Fsp3) is 0.0952. The van der Waals surface area contributed by atoms with Crippen LogP contribution in [0.1, 0.15) is 15.9 Å². The van der Waals surface area contributed by atoms with Gasteiger partial charge in [-0.2, -0.15) is 34.8 Å². The number of benzene rings is 3. The Balaban J connectivity index is 2.14. The quantitative estimate of drug-likeness (QED) is 0.189. The van der Waals surface area contributed by atoms with Crippen molar-refractivity contribution < 1.29 is 43.7 Å². The smallest absolute Gasteiger partial charge is 0.335 e. The van der Waals surface area contributed by atoms with Crippen LogP contribution < -0.4 is 0 Å². The minimum absolute atomic E-state index is 0.106. The van der Waals surface area contributed by atoms with Gasteiger partial charge in [0.1, 0.15) is 0 Å². The summed E-state index contributed by atoms with van der Waals surface area (Å²) < 4.78 is 104. The molecule has 0 heterocycles. The van der Waals surface area contributed by atoms with Crippen molar-refractivity contribution in [3.8, 4) is 0 Å². The molecule has 0 saturated heterocycles. The van der Waals surface area contributed by atoms with Gasteiger partial charge in [-0.3, -0.25) is 0 Å². The molecular formula is C21H13F6O4S2+. The molecule has 0 radical (unpaired) electrons. The zero-order chi connectivity index (χ0) is 24.4. The second kappa shape index (κ2) is 9.10. The number of alkyl halides is 6. The molecule has 0 saturated carbocycles. The van der Waals surface area contributed by atoms with Crippen molar-refractivity contribution in [2.45, 2.75) is 26.4 Å². The lowest BCUT2D eigenvalue weighted by Gasteiger charge is -2.15. The maximum Gasteiger partial charge on any atom is 0.534 e. The van der Waals surface area contributed by atoms with Gasteiger partial charge in [0.2, 0.25) is 0 Å². The summed E-state index contributed by atoms with van der Waals surface area (Å²) in [6, 6.07) is 19.3. The van der Waals surface area contributed by atoms with Gasteiger partial charge in [-0.15, -0.1) is 0 Å². The summed E-state index contributed by atoms with van der Waals surface area (Å²) in [5.41, 5.74) is -8.95. The highest BCUT2D eigenvalue weighted by Gasteiger charge is 2.50. The largest absolute Gasteiger partial charge is 0.534 e. The summed E-state index contributed by atoms with van der Waals surface area (Å²) in [6.07, 6.45) is -5.19. The Kier molecular flexibility index (Phi) is 6.80. The molecule has 0 aliphatic heterocycles. The summed E-state index contributed by atoms with van der Waals surface area (Å²) in [7, 11) is -7.50. The van der Waals surface area contributed by atoms with Gasteiger partial charge in [0.15, 0.2) is 14.7 Å². The fourth-order valence-electron chi connectivity index (χ4n) is 2.78. The van der Waals surface area contributed by atoms with Crippen LogP contribution in [-0.2, 0) is 31.4 Å². The number of hydrogen-bond acceptors (Lipinski definition) is 4. The third-order valence-corrected chi connectivity index (χ3v) is 7.33. The summed E-state index contributed by atoms with van der Waals surface area (Å²) in [6.45, 7) is 0. The van der Waals surface area contributed by atoms with E-state index in [1.165, 1.54) is 0 Å². The first-order valence-electron chi connectivity index (χ1n) is 8.92. The lowest BCUT2D eigenvalue weighted by molar-refractivity contribution is -0.138. The highest BCUT2D eigenvalue weighted by atomic mass is 32.2. The number of carbonyl (C=O) groups excluding carboxylic acids is 1. The molecule has 0 bridgehead atoms. The molecule has 0 N–H and O–H groups in total. The Morgan fingerprint density at radius 2 is 1.21 bits per heavy atom. The van der Waals surface area contributed by atoms with E-state index in [0.29, 0.717) is 21.9 Å². The predicted molar refractivity (Wildman–Crippen MR) is 107 cm³/mol. The van der Waals surface area contributed by atoms with Crippen molar-refractivity contribution in [3.05, 3.63) is 90.0 Å². The summed E-state index contributed by atoms with van der Waals surface area (Å²) in [4.78, 5) is 13.4. The van der Waals surface area contributed by atoms with Crippen molar-refractivity contribution in [2.75, 3.05) is 0 Å². The maximum atomic E-state index is 13.7. The average molecular weight is 507 g/mol. The van der Waals surface area contributed by atoms with E-state index >= 15 is 0 Å². The summed E-state index contributed by atoms with van der Waals surface area (Å²) in [5, 5.41) is 0. The van der Waals surface area contributed by atoms with E-state index in [0.717, 1.165) is 6.07 Å². The van der Waals surface area contributed by atoms with Crippen molar-refractivity contribution >= 4 is 27.0 Å². The van der Waals surface area contributed by atoms with Crippen LogP contribution in [0, 0.1) is 0 Å². The van der Waals surface area contributed by atoms with Gasteiger partial charge in [0.25, 0.3) is 0 Å². The summed E-state index contributed by atoms with van der Waals surface area (Å²) in [5.74, 6) is -2.29. The number of hydrogen-bond donors (Lipinski definition) is 0. The van der Waals surface area contributed by atoms with E-state index in [-0.39, 0.29) is 4.90 Å². The van der Waals surface area contributed by atoms with Gasteiger partial charge in [0, 0.05) is 6.07 Å². The van der Waals surface area contributed by atoms with Crippen LogP contribution in [0.5, 0.6) is 0 Å². The van der Waals surface area contributed by atoms with Gasteiger partial charge >= 0.3 is 27.8 Å². The van der Waals surface area contributed by atoms with Crippen molar-refractivity contribution in [1.29, 1.82) is 0 Å². The molecule has 0 atom stereocenters. The van der Waals surface area contributed by atoms with Crippen molar-refractivity contribution in [3.63, 3.8) is 0 Å². The standard InChI is InChI=1S/C21H13F6O4S2/c22-20(23,24)18-13-16(11-12-17(18)19(28)31-33(29,30)21(25,26)27)32(14-7-3-1-4-8-14)15-9-5-2-6-10-15/h1-13H/q+1. The molecule has 12 heteroatoms. The highest BCUT2D eigenvalue weighted by Crippen LogP contribution is 2.38. The van der Waals surface area contributed by atoms with Crippen LogP contribution in [0.25, 0.3) is 0 Å². The second-order valence-corrected chi connectivity index (χ2v) is 9.97. The molecule has 3 rings (SSSR count). The molecule has 3 aromatic rings. The van der Waals surface area contributed by atoms with Gasteiger partial charge < -0.3 is 4.18 Å². The van der Waals surface area contributed by atoms with E-state index in [1.807, 2.05) is 0 Å². The molecule has 0 aliphatic rings. The predicted octanol–water partition coefficient (Wildman–Crippen LogP) is 5.81. The van der Waals surface area contributed by atoms with Gasteiger partial charge in [-0.25, -0.2) is 4.79 Å². The third-order valence-electron chi connectivity index (χ3n) is 4.18. The topological polar surface area (TPSA) is 60.4 Å². The Morgan fingerprint density at radius 1 is 0.727 bits per heavy atom. The van der Waals surface area contributed by atoms with E-state index in [1.54, 1.807) is 60.7 Å². The molecule has 0 amide bonds. The molecule has 33 heavy (non-hydrogen) atoms. The average Bonchev–Trinajstić information content (AvgIpc) is 2.73. The van der Waals surface area contributed by atoms with Crippen LogP contribution in [0.2, 0.25) is 0 Å². The fourth-order valence-corrected chi connectivity index (χ4v) is 5.27. The molecule has 4 nitrogen and oxygen atoms in total. The van der Waals surface area contributed by atoms with E-state index in [4.69, 9.17) is 0 Å². The number of carbonyl (C=O) groups is 1. The molecule has 174 valence electrons. The normalized spacial score (nSPS) is 12.6. The van der Waals surface area contributed by atoms with E-state index in [2.05, 4.69) is 4.18 Å². The Bertz CT molecular complexity index is 1200. The first-order valence-corrected chi connectivity index (χ1v) is 11.6. The SMILES string of the molecule is O=C(OS(=O)(=O)C(F)(F)F)c1ccc([S+](c2ccccc2)c2ccccc2)cc1C(F)(F)F. The van der Waals surface area contributed by atoms with Crippen molar-refractivity contribution in [2.24, 2.45) is 0 Å². The molecule has 0 fully saturated rings. The zero-order valence-corrected chi connectivity index (χ0v) is 17.9. The van der Waals surface area contributed by atoms with Crippen LogP contribution >= 0.6 is 0 Å². The van der Waals surface area contributed by atoms with E-state index < -0.39 is 49.8 Å². The summed E-state index contributed by atoms with van der Waals surface area (Å²) >= 11 is 0. The van der Waals surface area contributed by atoms with Gasteiger partial charge in [0.05, 0.1) is 22.0 Å². The monoisotopic (exact) mass is 507 g/mol. The van der Waals surface area contributed by atoms with Crippen LogP contribution in [0.4, 0.5) is 26.3 Å². The first kappa shape index (κ1) is 24.6. The molecule has 0 aliphatic carbocycles. The van der Waals surface area contributed by atoms with Crippen LogP contribution in [0.3, 0.4) is 0 Å². The zero-order valence-electron chi connectivity index (χ0n) is 16.2. The minimum atomic E-state index is -6.43. The lowest BCUT2D eigenvalue weighted by Crippen LogP contribution is -2.29. The molecule has 0 spiro atoms. The number of halogens is 6. The highest BCUT2D eigenvalue weighted by molar-refractivity contribution is 7.97. The lowest BCUT2D eigenvalue weighted by atomic mass is 10.1. The minimum Gasteiger partial charge on any atom is -0.335 e. The van der Waals surface area contributed by atoms with Crippen LogP contribution in [0.15, 0.2) is 93.5 Å². The van der Waals surface area contributed by atoms with Gasteiger partial charge in [-0.05, 0) is 36.4 Å². The Hall–Kier alpha value is -2.99. The van der Waals surface area contributed by atoms with Crippen LogP contribution in [-0.4, -0.2) is 19.9 Å². The second-order valence-electron chi connectivity index (χ2n) is 6.41. The maximum absolute atomic E-state index is 13.7. The third kappa shape index (κ3) is 5.50. The van der Waals surface area contributed by atoms with Crippen molar-refractivity contribution in [1.82, 2.24) is 0 Å². The molecule has 0 unspecified atom stereocenters. The molecule has 0 aromatic heterocycles. The first-order chi connectivity index (χ1) is 15.3. The molecule has 3 aromatic carbocycles. The Labute approximate surface area is 187 Å². The van der Waals surface area contributed by atoms with E-state index in [9.17, 15) is 39.6 Å². The molecular weight excluding hydrogens is 494 g/mol. The number of rotatable bonds is 5. The Morgan fingerprint density at radius 3 is 1.64 bits per heavy atom. The van der Waals surface area contributed by atoms with Gasteiger partial charge in [-0.1, -0.05) is 36.4 Å².